The van der Waals surface area contributed by atoms with Gasteiger partial charge >= 0.3 is 0 Å². The number of unbranched alkanes of at least 4 members (excludes halogenated alkanes) is 1. The van der Waals surface area contributed by atoms with Crippen molar-refractivity contribution >= 4 is 23.4 Å². The Balaban J connectivity index is 1.72. The monoisotopic (exact) mass is 451 g/mol. The maximum atomic E-state index is 13.1. The first-order valence-corrected chi connectivity index (χ1v) is 11.5. The third kappa shape index (κ3) is 6.82. The third-order valence-corrected chi connectivity index (χ3v) is 6.21. The molecule has 172 valence electrons. The molecule has 2 saturated heterocycles. The van der Waals surface area contributed by atoms with E-state index < -0.39 is 5.60 Å². The highest BCUT2D eigenvalue weighted by atomic mass is 35.5. The Morgan fingerprint density at radius 1 is 1.13 bits per heavy atom. The predicted molar refractivity (Wildman–Crippen MR) is 120 cm³/mol. The molecule has 1 aromatic rings. The lowest BCUT2D eigenvalue weighted by Gasteiger charge is -2.43. The first-order chi connectivity index (χ1) is 14.9. The molecule has 1 aromatic carbocycles. The van der Waals surface area contributed by atoms with Crippen LogP contribution in [-0.4, -0.2) is 91.6 Å². The van der Waals surface area contributed by atoms with Crippen LogP contribution in [0.3, 0.4) is 0 Å². The number of halogens is 1. The van der Waals surface area contributed by atoms with Gasteiger partial charge in [-0.25, -0.2) is 0 Å². The summed E-state index contributed by atoms with van der Waals surface area (Å²) in [5.74, 6) is 0.784. The zero-order valence-corrected chi connectivity index (χ0v) is 19.4. The molecule has 7 nitrogen and oxygen atoms in total. The molecule has 0 N–H and O–H groups in total. The predicted octanol–water partition coefficient (Wildman–Crippen LogP) is 2.67. The second-order valence-corrected chi connectivity index (χ2v) is 8.99. The van der Waals surface area contributed by atoms with Crippen LogP contribution in [0.5, 0.6) is 5.75 Å². The Morgan fingerprint density at radius 3 is 2.61 bits per heavy atom. The van der Waals surface area contributed by atoms with E-state index in [2.05, 4.69) is 18.9 Å². The number of likely N-dealkylation sites (N-methyl/N-ethyl adjacent to an activating group) is 1. The molecule has 1 atom stereocenters. The van der Waals surface area contributed by atoms with Crippen molar-refractivity contribution < 1.29 is 19.1 Å². The summed E-state index contributed by atoms with van der Waals surface area (Å²) in [6.45, 7) is 6.70. The van der Waals surface area contributed by atoms with Gasteiger partial charge < -0.3 is 24.2 Å². The number of rotatable bonds is 8. The first kappa shape index (κ1) is 23.8. The van der Waals surface area contributed by atoms with Gasteiger partial charge in [0.05, 0.1) is 19.6 Å². The molecule has 2 fully saturated rings. The number of hydrogen-bond acceptors (Lipinski definition) is 5. The summed E-state index contributed by atoms with van der Waals surface area (Å²) in [6.07, 6.45) is 2.55. The highest BCUT2D eigenvalue weighted by molar-refractivity contribution is 6.30. The highest BCUT2D eigenvalue weighted by Gasteiger charge is 2.42. The summed E-state index contributed by atoms with van der Waals surface area (Å²) in [5.41, 5.74) is -0.872. The maximum Gasteiger partial charge on any atom is 0.225 e. The van der Waals surface area contributed by atoms with E-state index in [1.807, 2.05) is 21.9 Å². The Labute approximate surface area is 190 Å². The van der Waals surface area contributed by atoms with Crippen LogP contribution in [-0.2, 0) is 14.3 Å². The van der Waals surface area contributed by atoms with E-state index in [1.165, 1.54) is 0 Å². The minimum Gasteiger partial charge on any atom is -0.490 e. The van der Waals surface area contributed by atoms with Crippen molar-refractivity contribution in [2.45, 2.75) is 38.2 Å². The molecule has 0 aliphatic carbocycles. The normalized spacial score (nSPS) is 22.4. The van der Waals surface area contributed by atoms with Crippen LogP contribution in [0.25, 0.3) is 0 Å². The number of carbonyl (C=O) groups is 2. The topological polar surface area (TPSA) is 62.3 Å². The summed E-state index contributed by atoms with van der Waals surface area (Å²) in [7, 11) is 2.06. The number of amides is 2. The first-order valence-electron chi connectivity index (χ1n) is 11.2. The standard InChI is InChI=1S/C23H34ClN3O4/c1-3-4-8-21(28)27-13-14-31-23(17-27,18-30-20-7-5-6-19(24)15-20)16-22(29)26-11-9-25(2)10-12-26/h5-7,15H,3-4,8-14,16-18H2,1-2H3/t23-/m0/s1. The fourth-order valence-electron chi connectivity index (χ4n) is 4.00. The molecule has 0 radical (unpaired) electrons. The number of carbonyl (C=O) groups excluding carboxylic acids is 2. The number of nitrogens with zero attached hydrogens (tertiary/aromatic N) is 3. The van der Waals surface area contributed by atoms with Gasteiger partial charge in [0, 0.05) is 44.2 Å². The van der Waals surface area contributed by atoms with Crippen molar-refractivity contribution in [2.75, 3.05) is 59.5 Å². The molecule has 0 spiro atoms. The van der Waals surface area contributed by atoms with E-state index in [9.17, 15) is 9.59 Å². The average molecular weight is 452 g/mol. The van der Waals surface area contributed by atoms with E-state index in [1.54, 1.807) is 12.1 Å². The SMILES string of the molecule is CCCCC(=O)N1CCO[C@@](COc2cccc(Cl)c2)(CC(=O)N2CCN(C)CC2)C1. The summed E-state index contributed by atoms with van der Waals surface area (Å²) in [4.78, 5) is 31.8. The number of ether oxygens (including phenoxy) is 2. The molecule has 2 heterocycles. The average Bonchev–Trinajstić information content (AvgIpc) is 2.77. The smallest absolute Gasteiger partial charge is 0.225 e. The Kier molecular flexibility index (Phi) is 8.58. The van der Waals surface area contributed by atoms with Crippen molar-refractivity contribution in [3.8, 4) is 5.75 Å². The number of morpholine rings is 1. The van der Waals surface area contributed by atoms with Crippen molar-refractivity contribution in [2.24, 2.45) is 0 Å². The van der Waals surface area contributed by atoms with Crippen LogP contribution in [0.2, 0.25) is 5.02 Å². The van der Waals surface area contributed by atoms with Crippen molar-refractivity contribution in [1.82, 2.24) is 14.7 Å². The lowest BCUT2D eigenvalue weighted by molar-refractivity contribution is -0.166. The number of piperazine rings is 1. The van der Waals surface area contributed by atoms with Gasteiger partial charge in [-0.15, -0.1) is 0 Å². The summed E-state index contributed by atoms with van der Waals surface area (Å²) >= 11 is 6.08. The van der Waals surface area contributed by atoms with E-state index in [4.69, 9.17) is 21.1 Å². The highest BCUT2D eigenvalue weighted by Crippen LogP contribution is 2.27. The second-order valence-electron chi connectivity index (χ2n) is 8.56. The Hall–Kier alpha value is -1.83. The van der Waals surface area contributed by atoms with E-state index in [0.29, 0.717) is 50.0 Å². The minimum atomic E-state index is -0.872. The van der Waals surface area contributed by atoms with Gasteiger partial charge in [-0.05, 0) is 31.7 Å². The molecular weight excluding hydrogens is 418 g/mol. The molecule has 8 heteroatoms. The van der Waals surface area contributed by atoms with Crippen molar-refractivity contribution in [1.29, 1.82) is 0 Å². The van der Waals surface area contributed by atoms with Crippen LogP contribution in [0.1, 0.15) is 32.6 Å². The molecule has 0 aromatic heterocycles. The summed E-state index contributed by atoms with van der Waals surface area (Å²) < 4.78 is 12.2. The van der Waals surface area contributed by atoms with Crippen LogP contribution in [0, 0.1) is 0 Å². The third-order valence-electron chi connectivity index (χ3n) is 5.97. The number of hydrogen-bond donors (Lipinski definition) is 0. The molecule has 0 bridgehead atoms. The summed E-state index contributed by atoms with van der Waals surface area (Å²) in [6, 6.07) is 7.17. The molecule has 2 aliphatic heterocycles. The largest absolute Gasteiger partial charge is 0.490 e. The lowest BCUT2D eigenvalue weighted by Crippen LogP contribution is -2.59. The van der Waals surface area contributed by atoms with E-state index in [0.717, 1.165) is 25.9 Å². The van der Waals surface area contributed by atoms with Crippen LogP contribution < -0.4 is 4.74 Å². The fraction of sp³-hybridized carbons (Fsp3) is 0.652. The lowest BCUT2D eigenvalue weighted by atomic mass is 9.96. The molecule has 0 saturated carbocycles. The Morgan fingerprint density at radius 2 is 1.90 bits per heavy atom. The van der Waals surface area contributed by atoms with Crippen LogP contribution in [0.4, 0.5) is 0 Å². The summed E-state index contributed by atoms with van der Waals surface area (Å²) in [5, 5.41) is 0.584. The Bertz CT molecular complexity index is 754. The van der Waals surface area contributed by atoms with Gasteiger partial charge in [0.25, 0.3) is 0 Å². The molecule has 3 rings (SSSR count). The van der Waals surface area contributed by atoms with Gasteiger partial charge in [-0.3, -0.25) is 9.59 Å². The van der Waals surface area contributed by atoms with Gasteiger partial charge in [-0.2, -0.15) is 0 Å². The molecule has 2 amide bonds. The van der Waals surface area contributed by atoms with Gasteiger partial charge in [0.15, 0.2) is 0 Å². The molecule has 2 aliphatic rings. The van der Waals surface area contributed by atoms with Gasteiger partial charge in [0.2, 0.25) is 11.8 Å². The van der Waals surface area contributed by atoms with Crippen LogP contribution in [0.15, 0.2) is 24.3 Å². The second kappa shape index (κ2) is 11.2. The molecule has 31 heavy (non-hydrogen) atoms. The van der Waals surface area contributed by atoms with Crippen molar-refractivity contribution in [3.63, 3.8) is 0 Å². The number of benzene rings is 1. The molecular formula is C23H34ClN3O4. The fourth-order valence-corrected chi connectivity index (χ4v) is 4.18. The zero-order chi connectivity index (χ0) is 22.3. The van der Waals surface area contributed by atoms with Crippen LogP contribution >= 0.6 is 11.6 Å². The van der Waals surface area contributed by atoms with Gasteiger partial charge in [0.1, 0.15) is 18.0 Å². The maximum absolute atomic E-state index is 13.1. The van der Waals surface area contributed by atoms with E-state index >= 15 is 0 Å². The minimum absolute atomic E-state index is 0.0469. The quantitative estimate of drug-likeness (QED) is 0.608. The molecule has 0 unspecified atom stereocenters. The van der Waals surface area contributed by atoms with Gasteiger partial charge in [-0.1, -0.05) is 31.0 Å². The van der Waals surface area contributed by atoms with Crippen molar-refractivity contribution in [3.05, 3.63) is 29.3 Å². The van der Waals surface area contributed by atoms with E-state index in [-0.39, 0.29) is 24.8 Å². The zero-order valence-electron chi connectivity index (χ0n) is 18.6.